The molecule has 50 valence electrons. The first-order valence-electron chi connectivity index (χ1n) is 3.01. The summed E-state index contributed by atoms with van der Waals surface area (Å²) in [6.45, 7) is 0. The van der Waals surface area contributed by atoms with Crippen molar-refractivity contribution < 1.29 is 0 Å². The van der Waals surface area contributed by atoms with Gasteiger partial charge in [-0.05, 0) is 12.5 Å². The van der Waals surface area contributed by atoms with Crippen molar-refractivity contribution in [2.75, 3.05) is 0 Å². The van der Waals surface area contributed by atoms with Gasteiger partial charge in [-0.2, -0.15) is 0 Å². The van der Waals surface area contributed by atoms with Crippen LogP contribution in [0, 0.1) is 0 Å². The van der Waals surface area contributed by atoms with Gasteiger partial charge >= 0.3 is 0 Å². The van der Waals surface area contributed by atoms with Crippen molar-refractivity contribution in [2.24, 2.45) is 0 Å². The monoisotopic (exact) mass is 151 g/mol. The molecule has 0 saturated heterocycles. The van der Waals surface area contributed by atoms with E-state index in [9.17, 15) is 4.79 Å². The summed E-state index contributed by atoms with van der Waals surface area (Å²) in [5.74, 6) is 0. The van der Waals surface area contributed by atoms with Gasteiger partial charge in [0.1, 0.15) is 0 Å². The third kappa shape index (κ3) is 0.708. The third-order valence-electron chi connectivity index (χ3n) is 1.50. The quantitative estimate of drug-likeness (QED) is 0.555. The van der Waals surface area contributed by atoms with Crippen molar-refractivity contribution >= 4 is 17.4 Å². The number of hydrogen-bond acceptors (Lipinski definition) is 3. The summed E-state index contributed by atoms with van der Waals surface area (Å²) in [5.41, 5.74) is 3.30. The summed E-state index contributed by atoms with van der Waals surface area (Å²) in [6, 6.07) is 0. The molecule has 1 heterocycles. The SMILES string of the molecule is O=c1scnc2c1CC=C2. The second kappa shape index (κ2) is 2.02. The molecule has 0 N–H and O–H groups in total. The van der Waals surface area contributed by atoms with Crippen molar-refractivity contribution in [3.8, 4) is 0 Å². The Balaban J connectivity index is 2.77. The summed E-state index contributed by atoms with van der Waals surface area (Å²) < 4.78 is 0.148. The number of allylic oxidation sites excluding steroid dienone is 1. The number of aromatic nitrogens is 1. The maximum atomic E-state index is 11.0. The molecule has 0 saturated carbocycles. The number of nitrogens with zero attached hydrogens (tertiary/aromatic N) is 1. The first-order valence-corrected chi connectivity index (χ1v) is 3.89. The lowest BCUT2D eigenvalue weighted by molar-refractivity contribution is 1.23. The zero-order valence-corrected chi connectivity index (χ0v) is 6.02. The summed E-state index contributed by atoms with van der Waals surface area (Å²) in [7, 11) is 0. The highest BCUT2D eigenvalue weighted by atomic mass is 32.1. The van der Waals surface area contributed by atoms with E-state index in [1.54, 1.807) is 5.51 Å². The van der Waals surface area contributed by atoms with Gasteiger partial charge in [0.2, 0.25) is 4.74 Å². The fraction of sp³-hybridized carbons (Fsp3) is 0.143. The van der Waals surface area contributed by atoms with Crippen LogP contribution in [0.1, 0.15) is 11.3 Å². The van der Waals surface area contributed by atoms with Crippen LogP contribution >= 0.6 is 11.3 Å². The van der Waals surface area contributed by atoms with Gasteiger partial charge in [-0.15, -0.1) is 0 Å². The molecule has 3 heteroatoms. The predicted octanol–water partition coefficient (Wildman–Crippen LogP) is 1.07. The summed E-state index contributed by atoms with van der Waals surface area (Å²) in [6.07, 6.45) is 4.62. The molecule has 0 aliphatic heterocycles. The molecule has 1 aromatic heterocycles. The van der Waals surface area contributed by atoms with Gasteiger partial charge in [0.05, 0.1) is 11.2 Å². The number of hydrogen-bond donors (Lipinski definition) is 0. The Kier molecular flexibility index (Phi) is 1.17. The zero-order valence-electron chi connectivity index (χ0n) is 5.20. The second-order valence-electron chi connectivity index (χ2n) is 2.11. The van der Waals surface area contributed by atoms with Gasteiger partial charge in [-0.25, -0.2) is 4.98 Å². The van der Waals surface area contributed by atoms with Gasteiger partial charge in [0, 0.05) is 5.56 Å². The van der Waals surface area contributed by atoms with E-state index in [1.165, 1.54) is 11.3 Å². The molecule has 2 nitrogen and oxygen atoms in total. The fourth-order valence-electron chi connectivity index (χ4n) is 1.00. The third-order valence-corrected chi connectivity index (χ3v) is 2.18. The van der Waals surface area contributed by atoms with Crippen molar-refractivity contribution in [2.45, 2.75) is 6.42 Å². The van der Waals surface area contributed by atoms with Crippen LogP contribution < -0.4 is 4.74 Å². The molecule has 0 unspecified atom stereocenters. The molecule has 0 radical (unpaired) electrons. The molecule has 0 spiro atoms. The van der Waals surface area contributed by atoms with Gasteiger partial charge < -0.3 is 0 Å². The van der Waals surface area contributed by atoms with E-state index in [2.05, 4.69) is 4.98 Å². The Morgan fingerprint density at radius 1 is 1.60 bits per heavy atom. The molecule has 0 bridgehead atoms. The van der Waals surface area contributed by atoms with Crippen molar-refractivity contribution in [1.29, 1.82) is 0 Å². The van der Waals surface area contributed by atoms with Crippen LogP contribution in [0.5, 0.6) is 0 Å². The fourth-order valence-corrected chi connectivity index (χ4v) is 1.60. The van der Waals surface area contributed by atoms with Crippen molar-refractivity contribution in [3.05, 3.63) is 32.4 Å². The molecule has 0 amide bonds. The standard InChI is InChI=1S/C7H5NOS/c9-7-5-2-1-3-6(5)8-4-10-7/h1,3-4H,2H2. The molecule has 0 fully saturated rings. The summed E-state index contributed by atoms with van der Waals surface area (Å²) in [4.78, 5) is 15.1. The lowest BCUT2D eigenvalue weighted by Crippen LogP contribution is -2.03. The Morgan fingerprint density at radius 3 is 3.30 bits per heavy atom. The zero-order chi connectivity index (χ0) is 6.97. The van der Waals surface area contributed by atoms with E-state index in [1.807, 2.05) is 12.2 Å². The number of rotatable bonds is 0. The molecular weight excluding hydrogens is 146 g/mol. The predicted molar refractivity (Wildman–Crippen MR) is 41.1 cm³/mol. The first kappa shape index (κ1) is 5.80. The molecule has 1 aromatic rings. The Labute approximate surface area is 61.9 Å². The lowest BCUT2D eigenvalue weighted by atomic mass is 10.3. The minimum absolute atomic E-state index is 0.148. The highest BCUT2D eigenvalue weighted by molar-refractivity contribution is 7.07. The maximum absolute atomic E-state index is 11.0. The smallest absolute Gasteiger partial charge is 0.239 e. The normalized spacial score (nSPS) is 13.6. The van der Waals surface area contributed by atoms with E-state index in [0.29, 0.717) is 0 Å². The first-order chi connectivity index (χ1) is 4.88. The maximum Gasteiger partial charge on any atom is 0.239 e. The Bertz CT molecular complexity index is 340. The van der Waals surface area contributed by atoms with Crippen molar-refractivity contribution in [1.82, 2.24) is 4.98 Å². The Morgan fingerprint density at radius 2 is 2.50 bits per heavy atom. The van der Waals surface area contributed by atoms with Crippen molar-refractivity contribution in [3.63, 3.8) is 0 Å². The van der Waals surface area contributed by atoms with Crippen LogP contribution in [0.3, 0.4) is 0 Å². The minimum atomic E-state index is 0.148. The molecule has 2 rings (SSSR count). The lowest BCUT2D eigenvalue weighted by Gasteiger charge is -1.90. The van der Waals surface area contributed by atoms with Crippen LogP contribution in [0.2, 0.25) is 0 Å². The average Bonchev–Trinajstić information content (AvgIpc) is 2.36. The average molecular weight is 151 g/mol. The molecule has 1 aliphatic carbocycles. The Hall–Kier alpha value is -0.960. The van der Waals surface area contributed by atoms with E-state index in [-0.39, 0.29) is 4.74 Å². The van der Waals surface area contributed by atoms with Gasteiger partial charge in [-0.3, -0.25) is 4.79 Å². The molecule has 0 atom stereocenters. The summed E-state index contributed by atoms with van der Waals surface area (Å²) >= 11 is 1.17. The van der Waals surface area contributed by atoms with Crippen LogP contribution in [0.4, 0.5) is 0 Å². The highest BCUT2D eigenvalue weighted by Gasteiger charge is 2.08. The minimum Gasteiger partial charge on any atom is -0.277 e. The van der Waals surface area contributed by atoms with E-state index in [0.717, 1.165) is 17.7 Å². The molecule has 0 aromatic carbocycles. The van der Waals surface area contributed by atoms with Crippen LogP contribution in [-0.4, -0.2) is 4.98 Å². The van der Waals surface area contributed by atoms with E-state index < -0.39 is 0 Å². The molecule has 1 aliphatic rings. The number of fused-ring (bicyclic) bond motifs is 1. The van der Waals surface area contributed by atoms with E-state index in [4.69, 9.17) is 0 Å². The summed E-state index contributed by atoms with van der Waals surface area (Å²) in [5, 5.41) is 0. The van der Waals surface area contributed by atoms with Gasteiger partial charge in [-0.1, -0.05) is 17.4 Å². The largest absolute Gasteiger partial charge is 0.277 e. The molecule has 10 heavy (non-hydrogen) atoms. The topological polar surface area (TPSA) is 30.0 Å². The van der Waals surface area contributed by atoms with Gasteiger partial charge in [0.15, 0.2) is 0 Å². The van der Waals surface area contributed by atoms with Crippen LogP contribution in [0.25, 0.3) is 6.08 Å². The van der Waals surface area contributed by atoms with Gasteiger partial charge in [0.25, 0.3) is 0 Å². The van der Waals surface area contributed by atoms with E-state index >= 15 is 0 Å². The van der Waals surface area contributed by atoms with Crippen LogP contribution in [-0.2, 0) is 6.42 Å². The molecular formula is C7H5NOS. The second-order valence-corrected chi connectivity index (χ2v) is 2.93. The highest BCUT2D eigenvalue weighted by Crippen LogP contribution is 2.12. The van der Waals surface area contributed by atoms with Crippen LogP contribution in [0.15, 0.2) is 16.4 Å².